The van der Waals surface area contributed by atoms with Gasteiger partial charge < -0.3 is 15.2 Å². The summed E-state index contributed by atoms with van der Waals surface area (Å²) in [6.07, 6.45) is 2.30. The highest BCUT2D eigenvalue weighted by Gasteiger charge is 2.24. The molecule has 1 aliphatic heterocycles. The quantitative estimate of drug-likeness (QED) is 0.628. The fraction of sp³-hybridized carbons (Fsp3) is 0.667. The summed E-state index contributed by atoms with van der Waals surface area (Å²) < 4.78 is 10.8. The lowest BCUT2D eigenvalue weighted by Crippen LogP contribution is -2.21. The van der Waals surface area contributed by atoms with Crippen molar-refractivity contribution in [3.05, 3.63) is 22.4 Å². The molecule has 2 N–H and O–H groups in total. The fourth-order valence-corrected chi connectivity index (χ4v) is 2.19. The van der Waals surface area contributed by atoms with E-state index in [9.17, 15) is 4.79 Å². The summed E-state index contributed by atoms with van der Waals surface area (Å²) in [4.78, 5) is 12.2. The summed E-state index contributed by atoms with van der Waals surface area (Å²) in [5.74, 6) is -0.270. The molecule has 108 valence electrons. The predicted molar refractivity (Wildman–Crippen MR) is 75.5 cm³/mol. The lowest BCUT2D eigenvalue weighted by molar-refractivity contribution is -0.138. The SMILES string of the molecule is CCOC(=O)/C(C1=C(N)C(C)OCCC1)=C(/C)CC. The van der Waals surface area contributed by atoms with Crippen LogP contribution in [0.1, 0.15) is 47.0 Å². The molecular formula is C15H25NO3. The Bertz CT molecular complexity index is 396. The highest BCUT2D eigenvalue weighted by atomic mass is 16.5. The molecule has 0 aromatic carbocycles. The van der Waals surface area contributed by atoms with E-state index < -0.39 is 0 Å². The number of allylic oxidation sites excluding steroid dienone is 1. The van der Waals surface area contributed by atoms with E-state index in [2.05, 4.69) is 0 Å². The normalized spacial score (nSPS) is 21.8. The van der Waals surface area contributed by atoms with Crippen molar-refractivity contribution in [2.45, 2.75) is 53.1 Å². The maximum Gasteiger partial charge on any atom is 0.338 e. The molecule has 0 aliphatic carbocycles. The molecular weight excluding hydrogens is 242 g/mol. The second kappa shape index (κ2) is 7.34. The highest BCUT2D eigenvalue weighted by molar-refractivity contribution is 5.94. The van der Waals surface area contributed by atoms with E-state index in [-0.39, 0.29) is 12.1 Å². The Hall–Kier alpha value is -1.29. The van der Waals surface area contributed by atoms with Crippen molar-refractivity contribution in [2.24, 2.45) is 5.73 Å². The molecule has 0 fully saturated rings. The topological polar surface area (TPSA) is 61.5 Å². The molecule has 1 atom stereocenters. The van der Waals surface area contributed by atoms with E-state index in [0.717, 1.165) is 30.4 Å². The number of hydrogen-bond donors (Lipinski definition) is 1. The second-order valence-electron chi connectivity index (χ2n) is 4.78. The van der Waals surface area contributed by atoms with Crippen LogP contribution < -0.4 is 5.73 Å². The van der Waals surface area contributed by atoms with Gasteiger partial charge in [0, 0.05) is 12.3 Å². The average Bonchev–Trinajstić information content (AvgIpc) is 2.54. The van der Waals surface area contributed by atoms with Gasteiger partial charge in [0.25, 0.3) is 0 Å². The zero-order valence-electron chi connectivity index (χ0n) is 12.4. The number of carbonyl (C=O) groups is 1. The number of hydrogen-bond acceptors (Lipinski definition) is 4. The maximum atomic E-state index is 12.2. The van der Waals surface area contributed by atoms with Crippen molar-refractivity contribution in [1.82, 2.24) is 0 Å². The van der Waals surface area contributed by atoms with E-state index >= 15 is 0 Å². The average molecular weight is 267 g/mol. The Balaban J connectivity index is 3.24. The van der Waals surface area contributed by atoms with Gasteiger partial charge in [0.1, 0.15) is 0 Å². The van der Waals surface area contributed by atoms with Crippen LogP contribution in [0.3, 0.4) is 0 Å². The van der Waals surface area contributed by atoms with Gasteiger partial charge in [0.05, 0.1) is 18.3 Å². The van der Waals surface area contributed by atoms with Crippen molar-refractivity contribution in [3.8, 4) is 0 Å². The second-order valence-corrected chi connectivity index (χ2v) is 4.78. The maximum absolute atomic E-state index is 12.2. The third-order valence-corrected chi connectivity index (χ3v) is 3.46. The summed E-state index contributed by atoms with van der Waals surface area (Å²) in [5.41, 5.74) is 9.40. The van der Waals surface area contributed by atoms with Crippen LogP contribution in [0.2, 0.25) is 0 Å². The van der Waals surface area contributed by atoms with Gasteiger partial charge in [-0.15, -0.1) is 0 Å². The first-order valence-electron chi connectivity index (χ1n) is 7.00. The first-order valence-corrected chi connectivity index (χ1v) is 7.00. The van der Waals surface area contributed by atoms with Gasteiger partial charge in [-0.1, -0.05) is 12.5 Å². The lowest BCUT2D eigenvalue weighted by Gasteiger charge is -2.17. The Morgan fingerprint density at radius 2 is 2.16 bits per heavy atom. The molecule has 4 heteroatoms. The third-order valence-electron chi connectivity index (χ3n) is 3.46. The summed E-state index contributed by atoms with van der Waals surface area (Å²) in [6.45, 7) is 8.77. The van der Waals surface area contributed by atoms with Crippen molar-refractivity contribution >= 4 is 5.97 Å². The van der Waals surface area contributed by atoms with E-state index in [4.69, 9.17) is 15.2 Å². The molecule has 4 nitrogen and oxygen atoms in total. The Morgan fingerprint density at radius 1 is 1.47 bits per heavy atom. The van der Waals surface area contributed by atoms with Gasteiger partial charge in [0.15, 0.2) is 0 Å². The predicted octanol–water partition coefficient (Wildman–Crippen LogP) is 2.69. The summed E-state index contributed by atoms with van der Waals surface area (Å²) in [7, 11) is 0. The molecule has 19 heavy (non-hydrogen) atoms. The molecule has 1 rings (SSSR count). The number of esters is 1. The third kappa shape index (κ3) is 3.83. The number of ether oxygens (including phenoxy) is 2. The molecule has 0 radical (unpaired) electrons. The van der Waals surface area contributed by atoms with Crippen molar-refractivity contribution in [1.29, 1.82) is 0 Å². The lowest BCUT2D eigenvalue weighted by atomic mass is 9.93. The molecule has 0 aromatic heterocycles. The van der Waals surface area contributed by atoms with Crippen LogP contribution in [0.5, 0.6) is 0 Å². The number of carbonyl (C=O) groups excluding carboxylic acids is 1. The Morgan fingerprint density at radius 3 is 2.74 bits per heavy atom. The van der Waals surface area contributed by atoms with E-state index in [1.165, 1.54) is 0 Å². The molecule has 0 spiro atoms. The molecule has 0 amide bonds. The van der Waals surface area contributed by atoms with Crippen LogP contribution in [-0.2, 0) is 14.3 Å². The van der Waals surface area contributed by atoms with Crippen LogP contribution in [0.25, 0.3) is 0 Å². The largest absolute Gasteiger partial charge is 0.462 e. The van der Waals surface area contributed by atoms with Gasteiger partial charge in [0.2, 0.25) is 0 Å². The molecule has 1 aliphatic rings. The summed E-state index contributed by atoms with van der Waals surface area (Å²) in [5, 5.41) is 0. The fourth-order valence-electron chi connectivity index (χ4n) is 2.19. The van der Waals surface area contributed by atoms with E-state index in [0.29, 0.717) is 24.5 Å². The summed E-state index contributed by atoms with van der Waals surface area (Å²) >= 11 is 0. The number of nitrogens with two attached hydrogens (primary N) is 1. The van der Waals surface area contributed by atoms with Gasteiger partial charge in [-0.25, -0.2) is 4.79 Å². The van der Waals surface area contributed by atoms with Gasteiger partial charge in [-0.05, 0) is 45.6 Å². The zero-order valence-corrected chi connectivity index (χ0v) is 12.4. The van der Waals surface area contributed by atoms with Gasteiger partial charge >= 0.3 is 5.97 Å². The van der Waals surface area contributed by atoms with E-state index in [1.807, 2.05) is 27.7 Å². The van der Waals surface area contributed by atoms with Crippen molar-refractivity contribution < 1.29 is 14.3 Å². The minimum Gasteiger partial charge on any atom is -0.462 e. The molecule has 0 bridgehead atoms. The summed E-state index contributed by atoms with van der Waals surface area (Å²) in [6, 6.07) is 0. The van der Waals surface area contributed by atoms with Gasteiger partial charge in [-0.2, -0.15) is 0 Å². The first-order chi connectivity index (χ1) is 9.02. The molecule has 1 unspecified atom stereocenters. The first kappa shape index (κ1) is 15.8. The zero-order chi connectivity index (χ0) is 14.4. The monoisotopic (exact) mass is 267 g/mol. The number of rotatable bonds is 4. The van der Waals surface area contributed by atoms with Crippen molar-refractivity contribution in [2.75, 3.05) is 13.2 Å². The van der Waals surface area contributed by atoms with Crippen LogP contribution in [-0.4, -0.2) is 25.3 Å². The van der Waals surface area contributed by atoms with Crippen LogP contribution >= 0.6 is 0 Å². The van der Waals surface area contributed by atoms with Crippen molar-refractivity contribution in [3.63, 3.8) is 0 Å². The molecule has 0 saturated heterocycles. The minimum absolute atomic E-state index is 0.147. The molecule has 0 saturated carbocycles. The Kier molecular flexibility index (Phi) is 6.09. The molecule has 0 aromatic rings. The van der Waals surface area contributed by atoms with Crippen LogP contribution in [0.15, 0.2) is 22.4 Å². The Labute approximate surface area is 115 Å². The minimum atomic E-state index is -0.270. The van der Waals surface area contributed by atoms with Gasteiger partial charge in [-0.3, -0.25) is 0 Å². The van der Waals surface area contributed by atoms with Crippen LogP contribution in [0.4, 0.5) is 0 Å². The van der Waals surface area contributed by atoms with Crippen LogP contribution in [0, 0.1) is 0 Å². The smallest absolute Gasteiger partial charge is 0.338 e. The van der Waals surface area contributed by atoms with E-state index in [1.54, 1.807) is 0 Å². The highest BCUT2D eigenvalue weighted by Crippen LogP contribution is 2.28. The standard InChI is InChI=1S/C15H25NO3/c1-5-10(3)13(15(17)18-6-2)12-8-7-9-19-11(4)14(12)16/h11H,5-9,16H2,1-4H3/b13-10-. The molecule has 1 heterocycles.